The van der Waals surface area contributed by atoms with Crippen LogP contribution in [0, 0.1) is 0 Å². The smallest absolute Gasteiger partial charge is 0.243 e. The lowest BCUT2D eigenvalue weighted by molar-refractivity contribution is 0.222. The van der Waals surface area contributed by atoms with Crippen molar-refractivity contribution in [3.8, 4) is 0 Å². The van der Waals surface area contributed by atoms with Crippen LogP contribution < -0.4 is 10.6 Å². The second-order valence-electron chi connectivity index (χ2n) is 7.31. The van der Waals surface area contributed by atoms with Gasteiger partial charge >= 0.3 is 0 Å². The number of nitrogens with zero attached hydrogens (tertiary/aromatic N) is 5. The molecule has 0 saturated carbocycles. The van der Waals surface area contributed by atoms with Crippen molar-refractivity contribution in [2.24, 2.45) is 12.0 Å². The number of sulfonamides is 1. The number of hydrogen-bond donors (Lipinski definition) is 2. The first-order valence-electron chi connectivity index (χ1n) is 10.2. The van der Waals surface area contributed by atoms with E-state index in [4.69, 9.17) is 0 Å². The molecule has 1 aromatic carbocycles. The summed E-state index contributed by atoms with van der Waals surface area (Å²) in [6.45, 7) is 6.03. The van der Waals surface area contributed by atoms with Gasteiger partial charge in [-0.15, -0.1) is 0 Å². The average molecular weight is 434 g/mol. The summed E-state index contributed by atoms with van der Waals surface area (Å²) < 4.78 is 29.8. The van der Waals surface area contributed by atoms with Crippen molar-refractivity contribution >= 4 is 16.0 Å². The Morgan fingerprint density at radius 3 is 2.50 bits per heavy atom. The Labute approximate surface area is 178 Å². The van der Waals surface area contributed by atoms with Gasteiger partial charge in [-0.3, -0.25) is 4.68 Å². The van der Waals surface area contributed by atoms with E-state index in [2.05, 4.69) is 25.6 Å². The van der Waals surface area contributed by atoms with Crippen molar-refractivity contribution in [1.82, 2.24) is 29.6 Å². The highest BCUT2D eigenvalue weighted by atomic mass is 32.2. The van der Waals surface area contributed by atoms with Gasteiger partial charge in [0.15, 0.2) is 5.96 Å². The highest BCUT2D eigenvalue weighted by molar-refractivity contribution is 7.89. The van der Waals surface area contributed by atoms with Gasteiger partial charge in [0.25, 0.3) is 0 Å². The molecule has 0 bridgehead atoms. The molecular weight excluding hydrogens is 402 g/mol. The van der Waals surface area contributed by atoms with Gasteiger partial charge in [0.1, 0.15) is 0 Å². The van der Waals surface area contributed by atoms with E-state index in [1.807, 2.05) is 39.2 Å². The first-order valence-corrected chi connectivity index (χ1v) is 11.6. The van der Waals surface area contributed by atoms with Crippen LogP contribution in [0.4, 0.5) is 0 Å². The van der Waals surface area contributed by atoms with E-state index < -0.39 is 10.0 Å². The third-order valence-corrected chi connectivity index (χ3v) is 7.16. The number of likely N-dealkylation sites (N-methyl/N-ethyl adjacent to an activating group) is 1. The van der Waals surface area contributed by atoms with Crippen LogP contribution >= 0.6 is 0 Å². The lowest BCUT2D eigenvalue weighted by Gasteiger charge is -2.32. The van der Waals surface area contributed by atoms with E-state index in [-0.39, 0.29) is 6.54 Å². The molecule has 3 rings (SSSR count). The molecule has 0 spiro atoms. The Bertz CT molecular complexity index is 963. The Morgan fingerprint density at radius 1 is 1.10 bits per heavy atom. The van der Waals surface area contributed by atoms with Crippen LogP contribution in [-0.4, -0.2) is 73.1 Å². The second-order valence-corrected chi connectivity index (χ2v) is 9.22. The minimum absolute atomic E-state index is 0.268. The molecule has 0 unspecified atom stereocenters. The van der Waals surface area contributed by atoms with Gasteiger partial charge in [-0.05, 0) is 31.7 Å². The standard InChI is InChI=1S/C20H31N7O2S/c1-4-21-20(23-16-18-9-10-24-26(18)3)22-15-17-7-5-6-8-19(17)30(28,29)27-13-11-25(2)12-14-27/h5-10H,4,11-16H2,1-3H3,(H2,21,22,23). The summed E-state index contributed by atoms with van der Waals surface area (Å²) in [5.41, 5.74) is 1.72. The maximum Gasteiger partial charge on any atom is 0.243 e. The van der Waals surface area contributed by atoms with Gasteiger partial charge in [-0.25, -0.2) is 13.4 Å². The zero-order valence-electron chi connectivity index (χ0n) is 17.9. The van der Waals surface area contributed by atoms with Crippen molar-refractivity contribution in [3.05, 3.63) is 47.8 Å². The van der Waals surface area contributed by atoms with Crippen LogP contribution in [0.3, 0.4) is 0 Å². The summed E-state index contributed by atoms with van der Waals surface area (Å²) in [6, 6.07) is 9.06. The van der Waals surface area contributed by atoms with Crippen LogP contribution in [-0.2, 0) is 30.2 Å². The number of benzene rings is 1. The third-order valence-electron chi connectivity index (χ3n) is 5.16. The Balaban J connectivity index is 1.76. The Hall–Kier alpha value is -2.43. The van der Waals surface area contributed by atoms with Gasteiger partial charge in [0.2, 0.25) is 10.0 Å². The predicted molar refractivity (Wildman–Crippen MR) is 118 cm³/mol. The number of aliphatic imine (C=N–C) groups is 1. The molecule has 0 aliphatic carbocycles. The molecule has 30 heavy (non-hydrogen) atoms. The first kappa shape index (κ1) is 22.3. The van der Waals surface area contributed by atoms with E-state index in [1.54, 1.807) is 27.3 Å². The van der Waals surface area contributed by atoms with Gasteiger partial charge in [0.05, 0.1) is 23.7 Å². The van der Waals surface area contributed by atoms with Crippen molar-refractivity contribution in [2.75, 3.05) is 39.8 Å². The quantitative estimate of drug-likeness (QED) is 0.491. The molecule has 0 atom stereocenters. The van der Waals surface area contributed by atoms with Crippen LogP contribution in [0.2, 0.25) is 0 Å². The Morgan fingerprint density at radius 2 is 1.83 bits per heavy atom. The van der Waals surface area contributed by atoms with Crippen molar-refractivity contribution in [3.63, 3.8) is 0 Å². The number of aryl methyl sites for hydroxylation is 1. The summed E-state index contributed by atoms with van der Waals surface area (Å²) in [6.07, 6.45) is 1.75. The molecule has 1 saturated heterocycles. The molecule has 1 fully saturated rings. The molecule has 164 valence electrons. The summed E-state index contributed by atoms with van der Waals surface area (Å²) in [4.78, 5) is 7.09. The summed E-state index contributed by atoms with van der Waals surface area (Å²) >= 11 is 0. The number of piperazine rings is 1. The number of aromatic nitrogens is 2. The van der Waals surface area contributed by atoms with Crippen LogP contribution in [0.25, 0.3) is 0 Å². The molecule has 0 amide bonds. The summed E-state index contributed by atoms with van der Waals surface area (Å²) in [7, 11) is 0.352. The fourth-order valence-electron chi connectivity index (χ4n) is 3.31. The summed E-state index contributed by atoms with van der Waals surface area (Å²) in [5, 5.41) is 10.6. The second kappa shape index (κ2) is 10.1. The SMILES string of the molecule is CCNC(=NCc1ccccc1S(=O)(=O)N1CCN(C)CC1)NCc1ccnn1C. The zero-order valence-corrected chi connectivity index (χ0v) is 18.7. The largest absolute Gasteiger partial charge is 0.357 e. The predicted octanol–water partition coefficient (Wildman–Crippen LogP) is 0.612. The van der Waals surface area contributed by atoms with E-state index in [9.17, 15) is 8.42 Å². The number of guanidine groups is 1. The number of nitrogens with one attached hydrogen (secondary N) is 2. The van der Waals surface area contributed by atoms with Crippen LogP contribution in [0.5, 0.6) is 0 Å². The molecule has 1 aliphatic rings. The van der Waals surface area contributed by atoms with Gasteiger partial charge in [-0.1, -0.05) is 18.2 Å². The van der Waals surface area contributed by atoms with E-state index in [1.165, 1.54) is 0 Å². The fraction of sp³-hybridized carbons (Fsp3) is 0.500. The molecule has 2 heterocycles. The van der Waals surface area contributed by atoms with E-state index >= 15 is 0 Å². The molecule has 2 N–H and O–H groups in total. The van der Waals surface area contributed by atoms with E-state index in [0.29, 0.717) is 42.6 Å². The molecule has 9 nitrogen and oxygen atoms in total. The van der Waals surface area contributed by atoms with Crippen molar-refractivity contribution < 1.29 is 8.42 Å². The molecule has 0 radical (unpaired) electrons. The number of hydrogen-bond acceptors (Lipinski definition) is 5. The van der Waals surface area contributed by atoms with Crippen molar-refractivity contribution in [1.29, 1.82) is 0 Å². The Kier molecular flexibility index (Phi) is 7.46. The van der Waals surface area contributed by atoms with E-state index in [0.717, 1.165) is 18.8 Å². The maximum absolute atomic E-state index is 13.2. The van der Waals surface area contributed by atoms with Gasteiger partial charge in [-0.2, -0.15) is 9.40 Å². The average Bonchev–Trinajstić information content (AvgIpc) is 3.15. The van der Waals surface area contributed by atoms with Gasteiger partial charge < -0.3 is 15.5 Å². The zero-order chi connectivity index (χ0) is 21.6. The molecular formula is C20H31N7O2S. The van der Waals surface area contributed by atoms with Crippen LogP contribution in [0.1, 0.15) is 18.2 Å². The molecule has 10 heteroatoms. The minimum Gasteiger partial charge on any atom is -0.357 e. The minimum atomic E-state index is -3.54. The molecule has 1 aliphatic heterocycles. The third kappa shape index (κ3) is 5.38. The highest BCUT2D eigenvalue weighted by Gasteiger charge is 2.29. The van der Waals surface area contributed by atoms with Crippen molar-refractivity contribution in [2.45, 2.75) is 24.9 Å². The number of rotatable bonds is 7. The lowest BCUT2D eigenvalue weighted by Crippen LogP contribution is -2.47. The fourth-order valence-corrected chi connectivity index (χ4v) is 4.95. The van der Waals surface area contributed by atoms with Gasteiger partial charge in [0, 0.05) is 46.0 Å². The molecule has 1 aromatic heterocycles. The normalized spacial score (nSPS) is 16.6. The first-order chi connectivity index (χ1) is 14.4. The highest BCUT2D eigenvalue weighted by Crippen LogP contribution is 2.22. The topological polar surface area (TPSA) is 94.9 Å². The molecule has 2 aromatic rings. The summed E-state index contributed by atoms with van der Waals surface area (Å²) in [5.74, 6) is 0.630. The maximum atomic E-state index is 13.2. The monoisotopic (exact) mass is 433 g/mol. The lowest BCUT2D eigenvalue weighted by atomic mass is 10.2. The van der Waals surface area contributed by atoms with Crippen LogP contribution in [0.15, 0.2) is 46.4 Å².